The molecule has 1 amide bonds. The van der Waals surface area contributed by atoms with Crippen LogP contribution < -0.4 is 10.6 Å². The maximum atomic E-state index is 12.1. The lowest BCUT2D eigenvalue weighted by Crippen LogP contribution is -2.36. The summed E-state index contributed by atoms with van der Waals surface area (Å²) in [6.07, 6.45) is 0. The molecule has 1 aliphatic rings. The van der Waals surface area contributed by atoms with Crippen LogP contribution in [-0.4, -0.2) is 30.1 Å². The second-order valence-corrected chi connectivity index (χ2v) is 5.11. The molecule has 19 heavy (non-hydrogen) atoms. The van der Waals surface area contributed by atoms with E-state index in [1.165, 1.54) is 6.07 Å². The number of para-hydroxylation sites is 1. The van der Waals surface area contributed by atoms with Gasteiger partial charge in [-0.25, -0.2) is 4.79 Å². The van der Waals surface area contributed by atoms with Crippen LogP contribution >= 0.6 is 15.9 Å². The van der Waals surface area contributed by atoms with Gasteiger partial charge in [0.1, 0.15) is 0 Å². The summed E-state index contributed by atoms with van der Waals surface area (Å²) in [5.41, 5.74) is 2.02. The molecule has 3 N–H and O–H groups in total. The van der Waals surface area contributed by atoms with Crippen molar-refractivity contribution >= 4 is 33.5 Å². The Balaban J connectivity index is 2.28. The molecule has 100 valence electrons. The van der Waals surface area contributed by atoms with Crippen LogP contribution in [0, 0.1) is 0 Å². The van der Waals surface area contributed by atoms with Crippen molar-refractivity contribution in [2.75, 3.05) is 18.4 Å². The van der Waals surface area contributed by atoms with Crippen LogP contribution in [0.25, 0.3) is 0 Å². The largest absolute Gasteiger partial charge is 0.478 e. The van der Waals surface area contributed by atoms with Crippen LogP contribution in [0.2, 0.25) is 0 Å². The molecule has 0 saturated carbocycles. The first-order valence-corrected chi connectivity index (χ1v) is 6.52. The lowest BCUT2D eigenvalue weighted by Gasteiger charge is -2.21. The Bertz CT molecular complexity index is 575. The third-order valence-electron chi connectivity index (χ3n) is 3.03. The molecule has 2 rings (SSSR count). The van der Waals surface area contributed by atoms with Crippen LogP contribution in [0.15, 0.2) is 33.8 Å². The zero-order chi connectivity index (χ0) is 14.0. The topological polar surface area (TPSA) is 78.4 Å². The van der Waals surface area contributed by atoms with Gasteiger partial charge in [-0.2, -0.15) is 0 Å². The number of carbonyl (C=O) groups is 2. The summed E-state index contributed by atoms with van der Waals surface area (Å²) in [5.74, 6) is -1.35. The highest BCUT2D eigenvalue weighted by atomic mass is 79.9. The van der Waals surface area contributed by atoms with Crippen molar-refractivity contribution in [1.82, 2.24) is 5.32 Å². The number of carboxylic acid groups (broad SMARTS) is 1. The van der Waals surface area contributed by atoms with E-state index in [9.17, 15) is 9.59 Å². The molecule has 5 nitrogen and oxygen atoms in total. The Kier molecular flexibility index (Phi) is 4.01. The molecule has 0 spiro atoms. The molecule has 1 aromatic rings. The standard InChI is InChI=1S/C13H13BrN2O3/c1-7(8-5-15-6-8)12(17)16-11-9(13(18)19)3-2-4-10(11)14/h2-4,15H,5-6H2,1H3,(H,16,17)(H,18,19). The molecule has 1 aromatic carbocycles. The highest BCUT2D eigenvalue weighted by Crippen LogP contribution is 2.27. The van der Waals surface area contributed by atoms with E-state index in [1.54, 1.807) is 19.1 Å². The van der Waals surface area contributed by atoms with Gasteiger partial charge < -0.3 is 15.7 Å². The van der Waals surface area contributed by atoms with Gasteiger partial charge >= 0.3 is 5.97 Å². The molecule has 0 aliphatic carbocycles. The summed E-state index contributed by atoms with van der Waals surface area (Å²) in [6, 6.07) is 4.76. The van der Waals surface area contributed by atoms with E-state index in [-0.39, 0.29) is 17.2 Å². The quantitative estimate of drug-likeness (QED) is 0.743. The number of aromatic carboxylic acids is 1. The summed E-state index contributed by atoms with van der Waals surface area (Å²) in [4.78, 5) is 23.2. The zero-order valence-corrected chi connectivity index (χ0v) is 11.9. The van der Waals surface area contributed by atoms with Crippen molar-refractivity contribution in [3.63, 3.8) is 0 Å². The van der Waals surface area contributed by atoms with E-state index in [4.69, 9.17) is 5.11 Å². The minimum Gasteiger partial charge on any atom is -0.478 e. The van der Waals surface area contributed by atoms with Crippen LogP contribution in [0.1, 0.15) is 17.3 Å². The van der Waals surface area contributed by atoms with Crippen LogP contribution in [0.5, 0.6) is 0 Å². The lowest BCUT2D eigenvalue weighted by atomic mass is 10.0. The van der Waals surface area contributed by atoms with Crippen molar-refractivity contribution in [1.29, 1.82) is 0 Å². The number of amides is 1. The molecule has 0 aromatic heterocycles. The van der Waals surface area contributed by atoms with Crippen LogP contribution in [-0.2, 0) is 4.79 Å². The van der Waals surface area contributed by atoms with Gasteiger partial charge in [0.2, 0.25) is 0 Å². The highest BCUT2D eigenvalue weighted by molar-refractivity contribution is 9.10. The molecule has 1 saturated heterocycles. The number of hydrogen-bond donors (Lipinski definition) is 3. The number of nitrogens with one attached hydrogen (secondary N) is 2. The van der Waals surface area contributed by atoms with Gasteiger partial charge in [-0.1, -0.05) is 6.07 Å². The first-order chi connectivity index (χ1) is 9.00. The van der Waals surface area contributed by atoms with Crippen molar-refractivity contribution in [3.8, 4) is 0 Å². The summed E-state index contributed by atoms with van der Waals surface area (Å²) < 4.78 is 0.547. The summed E-state index contributed by atoms with van der Waals surface area (Å²) in [5, 5.41) is 14.8. The fourth-order valence-electron chi connectivity index (χ4n) is 1.71. The van der Waals surface area contributed by atoms with Crippen molar-refractivity contribution in [2.24, 2.45) is 0 Å². The van der Waals surface area contributed by atoms with Gasteiger partial charge in [0.15, 0.2) is 0 Å². The van der Waals surface area contributed by atoms with Crippen LogP contribution in [0.3, 0.4) is 0 Å². The third kappa shape index (κ3) is 2.85. The molecule has 0 radical (unpaired) electrons. The van der Waals surface area contributed by atoms with Gasteiger partial charge in [-0.3, -0.25) is 4.79 Å². The molecule has 1 aliphatic heterocycles. The number of anilines is 1. The van der Waals surface area contributed by atoms with E-state index in [0.29, 0.717) is 23.1 Å². The summed E-state index contributed by atoms with van der Waals surface area (Å²) >= 11 is 3.25. The number of hydrogen-bond acceptors (Lipinski definition) is 3. The van der Waals surface area contributed by atoms with E-state index in [0.717, 1.165) is 5.57 Å². The third-order valence-corrected chi connectivity index (χ3v) is 3.69. The van der Waals surface area contributed by atoms with Crippen molar-refractivity contribution in [3.05, 3.63) is 39.4 Å². The number of benzene rings is 1. The highest BCUT2D eigenvalue weighted by Gasteiger charge is 2.19. The average Bonchev–Trinajstić information content (AvgIpc) is 2.28. The fourth-order valence-corrected chi connectivity index (χ4v) is 2.18. The average molecular weight is 325 g/mol. The molecule has 0 atom stereocenters. The van der Waals surface area contributed by atoms with E-state index in [2.05, 4.69) is 26.6 Å². The zero-order valence-electron chi connectivity index (χ0n) is 10.3. The smallest absolute Gasteiger partial charge is 0.337 e. The molecular weight excluding hydrogens is 312 g/mol. The summed E-state index contributed by atoms with van der Waals surface area (Å²) in [7, 11) is 0. The molecular formula is C13H13BrN2O3. The maximum Gasteiger partial charge on any atom is 0.337 e. The minimum atomic E-state index is -1.08. The van der Waals surface area contributed by atoms with Gasteiger partial charge in [0.05, 0.1) is 11.3 Å². The molecule has 0 unspecified atom stereocenters. The lowest BCUT2D eigenvalue weighted by molar-refractivity contribution is -0.112. The van der Waals surface area contributed by atoms with E-state index >= 15 is 0 Å². The predicted octanol–water partition coefficient (Wildman–Crippen LogP) is 2.01. The Morgan fingerprint density at radius 3 is 2.58 bits per heavy atom. The number of rotatable bonds is 3. The predicted molar refractivity (Wildman–Crippen MR) is 75.3 cm³/mol. The Hall–Kier alpha value is -1.66. The van der Waals surface area contributed by atoms with Crippen molar-refractivity contribution in [2.45, 2.75) is 6.92 Å². The monoisotopic (exact) mass is 324 g/mol. The van der Waals surface area contributed by atoms with Gasteiger partial charge in [-0.05, 0) is 40.6 Å². The Morgan fingerprint density at radius 2 is 2.05 bits per heavy atom. The minimum absolute atomic E-state index is 0.0623. The second kappa shape index (κ2) is 5.54. The summed E-state index contributed by atoms with van der Waals surface area (Å²) in [6.45, 7) is 3.16. The van der Waals surface area contributed by atoms with Gasteiger partial charge in [0, 0.05) is 23.1 Å². The first-order valence-electron chi connectivity index (χ1n) is 5.73. The van der Waals surface area contributed by atoms with Gasteiger partial charge in [-0.15, -0.1) is 0 Å². The van der Waals surface area contributed by atoms with Crippen molar-refractivity contribution < 1.29 is 14.7 Å². The molecule has 0 bridgehead atoms. The molecule has 1 heterocycles. The normalized spacial score (nSPS) is 13.7. The number of carbonyl (C=O) groups excluding carboxylic acids is 1. The molecule has 1 fully saturated rings. The van der Waals surface area contributed by atoms with E-state index in [1.807, 2.05) is 0 Å². The fraction of sp³-hybridized carbons (Fsp3) is 0.231. The Labute approximate surface area is 118 Å². The maximum absolute atomic E-state index is 12.1. The Morgan fingerprint density at radius 1 is 1.37 bits per heavy atom. The number of halogens is 1. The second-order valence-electron chi connectivity index (χ2n) is 4.25. The van der Waals surface area contributed by atoms with E-state index < -0.39 is 5.97 Å². The molecule has 6 heteroatoms. The first kappa shape index (κ1) is 13.8. The SMILES string of the molecule is CC(C(=O)Nc1c(Br)cccc1C(=O)O)=C1CNC1. The number of carboxylic acids is 1. The van der Waals surface area contributed by atoms with Gasteiger partial charge in [0.25, 0.3) is 5.91 Å². The van der Waals surface area contributed by atoms with Crippen LogP contribution in [0.4, 0.5) is 5.69 Å².